The molecule has 174 valence electrons. The number of carbonyl (C=O) groups excluding carboxylic acids is 1. The Morgan fingerprint density at radius 1 is 0.914 bits per heavy atom. The standard InChI is InChI=1S/C26H17F3N4OS/c27-26(28,29)18-6-2-8-20(13-18)32-24(34)16-4-1-7-19(12-16)31-23-14-22(17-5-3-10-30-15-17)33-25-21(23)9-11-35-25/h1-15H,(H,31,33)(H,32,34). The van der Waals surface area contributed by atoms with Gasteiger partial charge in [0.05, 0.1) is 16.9 Å². The Hall–Kier alpha value is -4.24. The number of hydrogen-bond donors (Lipinski definition) is 2. The lowest BCUT2D eigenvalue weighted by Gasteiger charge is -2.12. The number of carbonyl (C=O) groups is 1. The predicted molar refractivity (Wildman–Crippen MR) is 132 cm³/mol. The maximum Gasteiger partial charge on any atom is 0.416 e. The zero-order valence-corrected chi connectivity index (χ0v) is 18.8. The van der Waals surface area contributed by atoms with Crippen molar-refractivity contribution < 1.29 is 18.0 Å². The van der Waals surface area contributed by atoms with E-state index in [4.69, 9.17) is 4.98 Å². The van der Waals surface area contributed by atoms with Crippen molar-refractivity contribution in [1.29, 1.82) is 0 Å². The minimum absolute atomic E-state index is 0.0680. The van der Waals surface area contributed by atoms with Gasteiger partial charge in [0.15, 0.2) is 0 Å². The molecule has 1 amide bonds. The topological polar surface area (TPSA) is 66.9 Å². The number of alkyl halides is 3. The SMILES string of the molecule is O=C(Nc1cccc(C(F)(F)F)c1)c1cccc(Nc2cc(-c3cccnc3)nc3sccc23)c1. The lowest BCUT2D eigenvalue weighted by molar-refractivity contribution is -0.137. The van der Waals surface area contributed by atoms with Gasteiger partial charge in [0, 0.05) is 40.3 Å². The normalized spacial score (nSPS) is 11.4. The van der Waals surface area contributed by atoms with Crippen molar-refractivity contribution in [3.63, 3.8) is 0 Å². The van der Waals surface area contributed by atoms with E-state index in [1.54, 1.807) is 30.6 Å². The molecule has 0 fully saturated rings. The zero-order chi connectivity index (χ0) is 24.4. The van der Waals surface area contributed by atoms with Crippen LogP contribution in [0.3, 0.4) is 0 Å². The molecule has 0 atom stereocenters. The average Bonchev–Trinajstić information content (AvgIpc) is 3.34. The molecule has 35 heavy (non-hydrogen) atoms. The number of aromatic nitrogens is 2. The Balaban J connectivity index is 1.41. The number of nitrogens with zero attached hydrogens (tertiary/aromatic N) is 2. The molecule has 3 aromatic heterocycles. The van der Waals surface area contributed by atoms with E-state index < -0.39 is 17.6 Å². The third kappa shape index (κ3) is 4.99. The summed E-state index contributed by atoms with van der Waals surface area (Å²) in [6, 6.07) is 18.9. The van der Waals surface area contributed by atoms with Crippen LogP contribution in [0.1, 0.15) is 15.9 Å². The smallest absolute Gasteiger partial charge is 0.355 e. The maximum atomic E-state index is 13.0. The zero-order valence-electron chi connectivity index (χ0n) is 18.0. The molecule has 0 aliphatic heterocycles. The largest absolute Gasteiger partial charge is 0.416 e. The minimum atomic E-state index is -4.49. The first-order valence-electron chi connectivity index (χ1n) is 10.5. The van der Waals surface area contributed by atoms with E-state index in [0.717, 1.165) is 39.3 Å². The van der Waals surface area contributed by atoms with Crippen LogP contribution in [0.4, 0.5) is 30.2 Å². The van der Waals surface area contributed by atoms with Crippen LogP contribution >= 0.6 is 11.3 Å². The molecule has 9 heteroatoms. The summed E-state index contributed by atoms with van der Waals surface area (Å²) in [5, 5.41) is 8.77. The number of rotatable bonds is 5. The average molecular weight is 491 g/mol. The summed E-state index contributed by atoms with van der Waals surface area (Å²) in [5.74, 6) is -0.514. The molecule has 0 aliphatic rings. The van der Waals surface area contributed by atoms with Crippen LogP contribution in [0, 0.1) is 0 Å². The summed E-state index contributed by atoms with van der Waals surface area (Å²) >= 11 is 1.52. The summed E-state index contributed by atoms with van der Waals surface area (Å²) in [6.07, 6.45) is -1.05. The van der Waals surface area contributed by atoms with Crippen molar-refractivity contribution in [2.75, 3.05) is 10.6 Å². The second-order valence-electron chi connectivity index (χ2n) is 7.67. The van der Waals surface area contributed by atoms with Gasteiger partial charge in [-0.1, -0.05) is 12.1 Å². The number of pyridine rings is 2. The highest BCUT2D eigenvalue weighted by Gasteiger charge is 2.30. The molecule has 2 N–H and O–H groups in total. The fourth-order valence-electron chi connectivity index (χ4n) is 3.58. The van der Waals surface area contributed by atoms with Crippen molar-refractivity contribution in [2.24, 2.45) is 0 Å². The van der Waals surface area contributed by atoms with Crippen molar-refractivity contribution in [3.05, 3.63) is 102 Å². The molecule has 0 radical (unpaired) electrons. The van der Waals surface area contributed by atoms with E-state index >= 15 is 0 Å². The van der Waals surface area contributed by atoms with Crippen LogP contribution in [-0.4, -0.2) is 15.9 Å². The van der Waals surface area contributed by atoms with E-state index in [0.29, 0.717) is 11.3 Å². The molecule has 2 aromatic carbocycles. The second kappa shape index (κ2) is 9.19. The quantitative estimate of drug-likeness (QED) is 0.270. The molecule has 0 saturated heterocycles. The number of anilines is 3. The highest BCUT2D eigenvalue weighted by atomic mass is 32.1. The lowest BCUT2D eigenvalue weighted by atomic mass is 10.1. The molecule has 5 aromatic rings. The fourth-order valence-corrected chi connectivity index (χ4v) is 4.37. The van der Waals surface area contributed by atoms with Crippen LogP contribution in [-0.2, 0) is 6.18 Å². The fraction of sp³-hybridized carbons (Fsp3) is 0.0385. The number of hydrogen-bond acceptors (Lipinski definition) is 5. The van der Waals surface area contributed by atoms with Gasteiger partial charge in [-0.2, -0.15) is 13.2 Å². The van der Waals surface area contributed by atoms with Crippen LogP contribution in [0.2, 0.25) is 0 Å². The summed E-state index contributed by atoms with van der Waals surface area (Å²) in [5.41, 5.74) is 2.64. The van der Waals surface area contributed by atoms with Gasteiger partial charge >= 0.3 is 6.18 Å². The van der Waals surface area contributed by atoms with Gasteiger partial charge in [-0.3, -0.25) is 9.78 Å². The molecular formula is C26H17F3N4OS. The monoisotopic (exact) mass is 490 g/mol. The number of amides is 1. The summed E-state index contributed by atoms with van der Waals surface area (Å²) in [6.45, 7) is 0. The Morgan fingerprint density at radius 3 is 2.54 bits per heavy atom. The Kier molecular flexibility index (Phi) is 5.92. The van der Waals surface area contributed by atoms with Crippen LogP contribution < -0.4 is 10.6 Å². The number of fused-ring (bicyclic) bond motifs is 1. The van der Waals surface area contributed by atoms with E-state index in [9.17, 15) is 18.0 Å². The predicted octanol–water partition coefficient (Wildman–Crippen LogP) is 7.37. The van der Waals surface area contributed by atoms with E-state index in [2.05, 4.69) is 15.6 Å². The van der Waals surface area contributed by atoms with Crippen LogP contribution in [0.15, 0.2) is 90.6 Å². The van der Waals surface area contributed by atoms with E-state index in [1.807, 2.05) is 35.7 Å². The summed E-state index contributed by atoms with van der Waals surface area (Å²) in [4.78, 5) is 22.5. The lowest BCUT2D eigenvalue weighted by Crippen LogP contribution is -2.13. The van der Waals surface area contributed by atoms with Gasteiger partial charge in [-0.15, -0.1) is 11.3 Å². The molecular weight excluding hydrogens is 473 g/mol. The number of halogens is 3. The van der Waals surface area contributed by atoms with Gasteiger partial charge < -0.3 is 10.6 Å². The highest BCUT2D eigenvalue weighted by molar-refractivity contribution is 7.16. The molecule has 3 heterocycles. The number of thiophene rings is 1. The first kappa shape index (κ1) is 22.5. The minimum Gasteiger partial charge on any atom is -0.355 e. The van der Waals surface area contributed by atoms with Crippen molar-refractivity contribution in [2.45, 2.75) is 6.18 Å². The Labute approximate surface area is 202 Å². The van der Waals surface area contributed by atoms with Gasteiger partial charge in [-0.25, -0.2) is 4.98 Å². The van der Waals surface area contributed by atoms with E-state index in [-0.39, 0.29) is 5.69 Å². The Morgan fingerprint density at radius 2 is 1.74 bits per heavy atom. The van der Waals surface area contributed by atoms with Crippen LogP contribution in [0.25, 0.3) is 21.5 Å². The second-order valence-corrected chi connectivity index (χ2v) is 8.57. The van der Waals surface area contributed by atoms with Gasteiger partial charge in [-0.05, 0) is 66.0 Å². The van der Waals surface area contributed by atoms with Crippen molar-refractivity contribution in [1.82, 2.24) is 9.97 Å². The molecule has 0 saturated carbocycles. The van der Waals surface area contributed by atoms with Crippen LogP contribution in [0.5, 0.6) is 0 Å². The summed E-state index contributed by atoms with van der Waals surface area (Å²) in [7, 11) is 0. The van der Waals surface area contributed by atoms with Gasteiger partial charge in [0.1, 0.15) is 4.83 Å². The van der Waals surface area contributed by atoms with Crippen molar-refractivity contribution >= 4 is 44.5 Å². The number of benzene rings is 2. The molecule has 0 unspecified atom stereocenters. The Bertz CT molecular complexity index is 1520. The molecule has 5 nitrogen and oxygen atoms in total. The molecule has 0 spiro atoms. The maximum absolute atomic E-state index is 13.0. The molecule has 5 rings (SSSR count). The van der Waals surface area contributed by atoms with Crippen molar-refractivity contribution in [3.8, 4) is 11.3 Å². The first-order chi connectivity index (χ1) is 16.9. The first-order valence-corrected chi connectivity index (χ1v) is 11.4. The van der Waals surface area contributed by atoms with E-state index in [1.165, 1.54) is 23.5 Å². The number of nitrogens with one attached hydrogen (secondary N) is 2. The molecule has 0 bridgehead atoms. The van der Waals surface area contributed by atoms with Gasteiger partial charge in [0.2, 0.25) is 0 Å². The molecule has 0 aliphatic carbocycles. The summed E-state index contributed by atoms with van der Waals surface area (Å²) < 4.78 is 39.0. The third-order valence-electron chi connectivity index (χ3n) is 5.25. The van der Waals surface area contributed by atoms with Gasteiger partial charge in [0.25, 0.3) is 5.91 Å². The highest BCUT2D eigenvalue weighted by Crippen LogP contribution is 2.33. The third-order valence-corrected chi connectivity index (χ3v) is 6.05.